The van der Waals surface area contributed by atoms with Crippen molar-refractivity contribution in [3.63, 3.8) is 0 Å². The SMILES string of the molecule is CCCNC(=O)CNC(=NC)NCCSc1ccccc1. The van der Waals surface area contributed by atoms with Crippen LogP contribution in [0.5, 0.6) is 0 Å². The van der Waals surface area contributed by atoms with E-state index in [4.69, 9.17) is 0 Å². The molecule has 0 saturated carbocycles. The van der Waals surface area contributed by atoms with E-state index in [1.54, 1.807) is 18.8 Å². The number of nitrogens with zero attached hydrogens (tertiary/aromatic N) is 1. The molecular weight excluding hydrogens is 284 g/mol. The molecule has 0 aromatic heterocycles. The molecule has 0 fully saturated rings. The van der Waals surface area contributed by atoms with Gasteiger partial charge in [-0.3, -0.25) is 9.79 Å². The van der Waals surface area contributed by atoms with Gasteiger partial charge in [-0.05, 0) is 18.6 Å². The highest BCUT2D eigenvalue weighted by atomic mass is 32.2. The highest BCUT2D eigenvalue weighted by Gasteiger charge is 2.02. The molecule has 1 aromatic rings. The lowest BCUT2D eigenvalue weighted by Gasteiger charge is -2.11. The summed E-state index contributed by atoms with van der Waals surface area (Å²) in [6.07, 6.45) is 0.940. The van der Waals surface area contributed by atoms with Crippen LogP contribution in [0.2, 0.25) is 0 Å². The standard InChI is InChI=1S/C15H24N4OS/c1-3-9-17-14(20)12-19-15(16-2)18-10-11-21-13-7-5-4-6-8-13/h4-8H,3,9-12H2,1-2H3,(H,17,20)(H2,16,18,19). The molecule has 5 nitrogen and oxygen atoms in total. The van der Waals surface area contributed by atoms with Gasteiger partial charge in [0.25, 0.3) is 0 Å². The van der Waals surface area contributed by atoms with Gasteiger partial charge < -0.3 is 16.0 Å². The van der Waals surface area contributed by atoms with Crippen LogP contribution >= 0.6 is 11.8 Å². The van der Waals surface area contributed by atoms with Crippen molar-refractivity contribution >= 4 is 23.6 Å². The molecule has 1 rings (SSSR count). The molecule has 0 aliphatic rings. The lowest BCUT2D eigenvalue weighted by molar-refractivity contribution is -0.120. The van der Waals surface area contributed by atoms with Crippen LogP contribution in [0.25, 0.3) is 0 Å². The van der Waals surface area contributed by atoms with Gasteiger partial charge in [0.05, 0.1) is 6.54 Å². The van der Waals surface area contributed by atoms with Crippen molar-refractivity contribution in [3.8, 4) is 0 Å². The summed E-state index contributed by atoms with van der Waals surface area (Å²) in [7, 11) is 1.70. The van der Waals surface area contributed by atoms with Crippen LogP contribution in [0.3, 0.4) is 0 Å². The number of guanidine groups is 1. The summed E-state index contributed by atoms with van der Waals surface area (Å²) in [4.78, 5) is 16.8. The number of hydrogen-bond acceptors (Lipinski definition) is 3. The zero-order valence-electron chi connectivity index (χ0n) is 12.7. The van der Waals surface area contributed by atoms with Gasteiger partial charge in [-0.2, -0.15) is 0 Å². The number of nitrogens with one attached hydrogen (secondary N) is 3. The van der Waals surface area contributed by atoms with E-state index in [0.717, 1.165) is 18.7 Å². The lowest BCUT2D eigenvalue weighted by Crippen LogP contribution is -2.43. The molecule has 21 heavy (non-hydrogen) atoms. The van der Waals surface area contributed by atoms with Gasteiger partial charge in [0.1, 0.15) is 0 Å². The molecule has 3 N–H and O–H groups in total. The molecule has 0 bridgehead atoms. The van der Waals surface area contributed by atoms with Crippen molar-refractivity contribution in [2.75, 3.05) is 32.4 Å². The van der Waals surface area contributed by atoms with Gasteiger partial charge in [-0.15, -0.1) is 11.8 Å². The van der Waals surface area contributed by atoms with E-state index in [-0.39, 0.29) is 12.5 Å². The fourth-order valence-corrected chi connectivity index (χ4v) is 2.36. The second-order valence-electron chi connectivity index (χ2n) is 4.36. The second kappa shape index (κ2) is 11.0. The second-order valence-corrected chi connectivity index (χ2v) is 5.53. The van der Waals surface area contributed by atoms with Crippen LogP contribution in [0.1, 0.15) is 13.3 Å². The first-order valence-corrected chi connectivity index (χ1v) is 8.14. The Morgan fingerprint density at radius 1 is 1.14 bits per heavy atom. The molecule has 0 saturated heterocycles. The first kappa shape index (κ1) is 17.4. The molecular formula is C15H24N4OS. The van der Waals surface area contributed by atoms with Gasteiger partial charge >= 0.3 is 0 Å². The Hall–Kier alpha value is -1.69. The smallest absolute Gasteiger partial charge is 0.239 e. The van der Waals surface area contributed by atoms with E-state index < -0.39 is 0 Å². The summed E-state index contributed by atoms with van der Waals surface area (Å²) in [6, 6.07) is 10.3. The zero-order chi connectivity index (χ0) is 15.3. The van der Waals surface area contributed by atoms with Crippen LogP contribution in [-0.2, 0) is 4.79 Å². The maximum absolute atomic E-state index is 11.5. The first-order valence-electron chi connectivity index (χ1n) is 7.15. The third-order valence-corrected chi connectivity index (χ3v) is 3.63. The highest BCUT2D eigenvalue weighted by molar-refractivity contribution is 7.99. The summed E-state index contributed by atoms with van der Waals surface area (Å²) >= 11 is 1.78. The molecule has 0 aliphatic carbocycles. The molecule has 0 aliphatic heterocycles. The Bertz CT molecular complexity index is 437. The number of benzene rings is 1. The summed E-state index contributed by atoms with van der Waals surface area (Å²) in [5.74, 6) is 1.57. The number of aliphatic imine (C=N–C) groups is 1. The van der Waals surface area contributed by atoms with Crippen molar-refractivity contribution < 1.29 is 4.79 Å². The Kier molecular flexibility index (Phi) is 9.11. The molecule has 1 amide bonds. The van der Waals surface area contributed by atoms with Gasteiger partial charge in [-0.1, -0.05) is 25.1 Å². The number of thioether (sulfide) groups is 1. The molecule has 0 atom stereocenters. The van der Waals surface area contributed by atoms with Gasteiger partial charge in [-0.25, -0.2) is 0 Å². The normalized spacial score (nSPS) is 11.0. The largest absolute Gasteiger partial charge is 0.356 e. The minimum Gasteiger partial charge on any atom is -0.356 e. The highest BCUT2D eigenvalue weighted by Crippen LogP contribution is 2.15. The summed E-state index contributed by atoms with van der Waals surface area (Å²) < 4.78 is 0. The van der Waals surface area contributed by atoms with Gasteiger partial charge in [0.2, 0.25) is 5.91 Å². The van der Waals surface area contributed by atoms with Crippen LogP contribution < -0.4 is 16.0 Å². The molecule has 6 heteroatoms. The maximum atomic E-state index is 11.5. The molecule has 116 valence electrons. The third kappa shape index (κ3) is 8.24. The van der Waals surface area contributed by atoms with Crippen molar-refractivity contribution in [2.24, 2.45) is 4.99 Å². The van der Waals surface area contributed by atoms with E-state index in [1.807, 2.05) is 25.1 Å². The van der Waals surface area contributed by atoms with E-state index in [9.17, 15) is 4.79 Å². The average Bonchev–Trinajstić information content (AvgIpc) is 2.53. The fourth-order valence-electron chi connectivity index (χ4n) is 1.57. The van der Waals surface area contributed by atoms with Crippen molar-refractivity contribution in [3.05, 3.63) is 30.3 Å². The average molecular weight is 308 g/mol. The Morgan fingerprint density at radius 2 is 1.90 bits per heavy atom. The summed E-state index contributed by atoms with van der Waals surface area (Å²) in [5.41, 5.74) is 0. The summed E-state index contributed by atoms with van der Waals surface area (Å²) in [6.45, 7) is 3.76. The third-order valence-electron chi connectivity index (χ3n) is 2.62. The predicted molar refractivity (Wildman–Crippen MR) is 89.8 cm³/mol. The molecule has 0 radical (unpaired) electrons. The lowest BCUT2D eigenvalue weighted by atomic mass is 10.4. The minimum atomic E-state index is -0.0153. The summed E-state index contributed by atoms with van der Waals surface area (Å²) in [5, 5.41) is 9.00. The molecule has 0 spiro atoms. The Labute approximate surface area is 131 Å². The van der Waals surface area contributed by atoms with E-state index in [0.29, 0.717) is 12.5 Å². The van der Waals surface area contributed by atoms with Crippen molar-refractivity contribution in [1.29, 1.82) is 0 Å². The Balaban J connectivity index is 2.15. The monoisotopic (exact) mass is 308 g/mol. The number of rotatable bonds is 8. The number of hydrogen-bond donors (Lipinski definition) is 3. The molecule has 0 unspecified atom stereocenters. The quantitative estimate of drug-likeness (QED) is 0.294. The zero-order valence-corrected chi connectivity index (χ0v) is 13.5. The first-order chi connectivity index (χ1) is 10.3. The maximum Gasteiger partial charge on any atom is 0.239 e. The number of carbonyl (C=O) groups excluding carboxylic acids is 1. The topological polar surface area (TPSA) is 65.5 Å². The predicted octanol–water partition coefficient (Wildman–Crippen LogP) is 1.47. The van der Waals surface area contributed by atoms with Crippen molar-refractivity contribution in [1.82, 2.24) is 16.0 Å². The van der Waals surface area contributed by atoms with Crippen LogP contribution in [0, 0.1) is 0 Å². The number of carbonyl (C=O) groups is 1. The number of amides is 1. The molecule has 1 aromatic carbocycles. The van der Waals surface area contributed by atoms with E-state index in [2.05, 4.69) is 33.1 Å². The van der Waals surface area contributed by atoms with Crippen LogP contribution in [0.15, 0.2) is 40.2 Å². The minimum absolute atomic E-state index is 0.0153. The van der Waals surface area contributed by atoms with Crippen LogP contribution in [-0.4, -0.2) is 44.3 Å². The molecule has 0 heterocycles. The van der Waals surface area contributed by atoms with Gasteiger partial charge in [0.15, 0.2) is 5.96 Å². The van der Waals surface area contributed by atoms with Gasteiger partial charge in [0, 0.05) is 30.8 Å². The van der Waals surface area contributed by atoms with Crippen molar-refractivity contribution in [2.45, 2.75) is 18.2 Å². The van der Waals surface area contributed by atoms with E-state index in [1.165, 1.54) is 4.90 Å². The van der Waals surface area contributed by atoms with Crippen LogP contribution in [0.4, 0.5) is 0 Å². The fraction of sp³-hybridized carbons (Fsp3) is 0.467. The van der Waals surface area contributed by atoms with E-state index >= 15 is 0 Å². The Morgan fingerprint density at radius 3 is 2.57 bits per heavy atom.